The monoisotopic (exact) mass is 481 g/mol. The average Bonchev–Trinajstić information content (AvgIpc) is 2.99. The largest absolute Gasteiger partial charge is 0.497 e. The molecule has 7 nitrogen and oxygen atoms in total. The van der Waals surface area contributed by atoms with Gasteiger partial charge in [-0.25, -0.2) is 8.42 Å². The molecule has 0 spiro atoms. The van der Waals surface area contributed by atoms with Crippen LogP contribution in [0.4, 0.5) is 5.69 Å². The van der Waals surface area contributed by atoms with Gasteiger partial charge in [0.05, 0.1) is 39.9 Å². The number of carbonyl (C=O) groups excluding carboxylic acids is 1. The van der Waals surface area contributed by atoms with Gasteiger partial charge in [-0.2, -0.15) is 5.10 Å². The Morgan fingerprint density at radius 3 is 2.35 bits per heavy atom. The SMILES string of the molecule is COc1cc(NC(=O)CCn2nc(C)c(Cl)c2C)cc(S(=O)(=O)c2ccc(Cl)cc2)c1. The molecule has 3 aromatic rings. The highest BCUT2D eigenvalue weighted by Crippen LogP contribution is 2.29. The molecule has 2 aromatic carbocycles. The smallest absolute Gasteiger partial charge is 0.226 e. The molecule has 0 saturated heterocycles. The second kappa shape index (κ2) is 9.30. The molecule has 1 aromatic heterocycles. The molecular weight excluding hydrogens is 461 g/mol. The fourth-order valence-corrected chi connectivity index (χ4v) is 4.57. The van der Waals surface area contributed by atoms with Gasteiger partial charge in [-0.05, 0) is 50.2 Å². The van der Waals surface area contributed by atoms with Gasteiger partial charge in [0.2, 0.25) is 15.7 Å². The van der Waals surface area contributed by atoms with E-state index >= 15 is 0 Å². The molecule has 0 aliphatic heterocycles. The van der Waals surface area contributed by atoms with Crippen molar-refractivity contribution in [3.8, 4) is 5.75 Å². The van der Waals surface area contributed by atoms with E-state index in [2.05, 4.69) is 10.4 Å². The van der Waals surface area contributed by atoms with Gasteiger partial charge in [0.25, 0.3) is 0 Å². The van der Waals surface area contributed by atoms with Crippen molar-refractivity contribution in [3.05, 3.63) is 63.9 Å². The van der Waals surface area contributed by atoms with Crippen LogP contribution in [0.25, 0.3) is 0 Å². The number of aromatic nitrogens is 2. The van der Waals surface area contributed by atoms with Crippen LogP contribution in [0.5, 0.6) is 5.75 Å². The minimum Gasteiger partial charge on any atom is -0.497 e. The molecule has 0 atom stereocenters. The molecule has 1 amide bonds. The van der Waals surface area contributed by atoms with Gasteiger partial charge >= 0.3 is 0 Å². The number of sulfone groups is 1. The molecule has 0 saturated carbocycles. The van der Waals surface area contributed by atoms with E-state index < -0.39 is 9.84 Å². The summed E-state index contributed by atoms with van der Waals surface area (Å²) in [4.78, 5) is 12.5. The number of amides is 1. The Labute approximate surface area is 190 Å². The maximum absolute atomic E-state index is 13.0. The van der Waals surface area contributed by atoms with Crippen LogP contribution in [0.2, 0.25) is 10.0 Å². The molecule has 0 fully saturated rings. The zero-order valence-electron chi connectivity index (χ0n) is 17.1. The number of anilines is 1. The van der Waals surface area contributed by atoms with Crippen molar-refractivity contribution in [1.82, 2.24) is 9.78 Å². The molecule has 1 N–H and O–H groups in total. The van der Waals surface area contributed by atoms with Crippen molar-refractivity contribution >= 4 is 44.6 Å². The predicted molar refractivity (Wildman–Crippen MR) is 120 cm³/mol. The van der Waals surface area contributed by atoms with Crippen LogP contribution in [-0.4, -0.2) is 31.2 Å². The Kier molecular flexibility index (Phi) is 6.93. The van der Waals surface area contributed by atoms with E-state index in [0.717, 1.165) is 5.69 Å². The number of ether oxygens (including phenoxy) is 1. The number of benzene rings is 2. The third-order valence-electron chi connectivity index (χ3n) is 4.68. The average molecular weight is 482 g/mol. The second-order valence-corrected chi connectivity index (χ2v) is 9.62. The molecule has 3 rings (SSSR count). The van der Waals surface area contributed by atoms with Crippen LogP contribution in [-0.2, 0) is 21.2 Å². The number of hydrogen-bond donors (Lipinski definition) is 1. The van der Waals surface area contributed by atoms with Gasteiger partial charge in [0, 0.05) is 23.2 Å². The van der Waals surface area contributed by atoms with Crippen molar-refractivity contribution in [2.75, 3.05) is 12.4 Å². The normalized spacial score (nSPS) is 11.4. The van der Waals surface area contributed by atoms with Crippen LogP contribution in [0, 0.1) is 13.8 Å². The molecule has 0 unspecified atom stereocenters. The Morgan fingerprint density at radius 2 is 1.77 bits per heavy atom. The number of hydrogen-bond acceptors (Lipinski definition) is 5. The summed E-state index contributed by atoms with van der Waals surface area (Å²) in [6, 6.07) is 10.2. The predicted octanol–water partition coefficient (Wildman–Crippen LogP) is 4.68. The summed E-state index contributed by atoms with van der Waals surface area (Å²) < 4.78 is 32.9. The third kappa shape index (κ3) is 5.20. The standard InChI is InChI=1S/C21H21Cl2N3O4S/c1-13-21(23)14(2)26(25-13)9-8-20(27)24-16-10-17(30-3)12-19(11-16)31(28,29)18-6-4-15(22)5-7-18/h4-7,10-12H,8-9H2,1-3H3,(H,24,27). The van der Waals surface area contributed by atoms with Gasteiger partial charge in [0.15, 0.2) is 0 Å². The Morgan fingerprint density at radius 1 is 1.10 bits per heavy atom. The number of rotatable bonds is 7. The lowest BCUT2D eigenvalue weighted by Gasteiger charge is -2.12. The van der Waals surface area contributed by atoms with E-state index in [9.17, 15) is 13.2 Å². The van der Waals surface area contributed by atoms with Crippen molar-refractivity contribution in [1.29, 1.82) is 0 Å². The highest BCUT2D eigenvalue weighted by Gasteiger charge is 2.20. The fraction of sp³-hybridized carbons (Fsp3) is 0.238. The van der Waals surface area contributed by atoms with Crippen LogP contribution in [0.3, 0.4) is 0 Å². The summed E-state index contributed by atoms with van der Waals surface area (Å²) in [7, 11) is -2.41. The maximum Gasteiger partial charge on any atom is 0.226 e. The summed E-state index contributed by atoms with van der Waals surface area (Å²) in [5, 5.41) is 8.03. The first-order valence-electron chi connectivity index (χ1n) is 9.31. The molecule has 0 radical (unpaired) electrons. The van der Waals surface area contributed by atoms with Crippen LogP contribution >= 0.6 is 23.2 Å². The Hall–Kier alpha value is -2.55. The van der Waals surface area contributed by atoms with Gasteiger partial charge in [0.1, 0.15) is 5.75 Å². The molecule has 10 heteroatoms. The van der Waals surface area contributed by atoms with E-state index in [-0.39, 0.29) is 22.1 Å². The quantitative estimate of drug-likeness (QED) is 0.528. The first-order chi connectivity index (χ1) is 14.6. The second-order valence-electron chi connectivity index (χ2n) is 6.86. The van der Waals surface area contributed by atoms with Crippen LogP contribution in [0.1, 0.15) is 17.8 Å². The van der Waals surface area contributed by atoms with Gasteiger partial charge < -0.3 is 10.1 Å². The molecule has 0 bridgehead atoms. The minimum atomic E-state index is -3.83. The highest BCUT2D eigenvalue weighted by atomic mass is 35.5. The number of nitrogens with one attached hydrogen (secondary N) is 1. The van der Waals surface area contributed by atoms with E-state index in [0.29, 0.717) is 33.7 Å². The summed E-state index contributed by atoms with van der Waals surface area (Å²) in [5.41, 5.74) is 1.79. The number of aryl methyl sites for hydroxylation is 2. The number of halogens is 2. The topological polar surface area (TPSA) is 90.3 Å². The van der Waals surface area contributed by atoms with E-state index in [1.165, 1.54) is 43.5 Å². The first kappa shape index (κ1) is 23.1. The van der Waals surface area contributed by atoms with Gasteiger partial charge in [-0.1, -0.05) is 23.2 Å². The van der Waals surface area contributed by atoms with E-state index in [1.54, 1.807) is 17.7 Å². The fourth-order valence-electron chi connectivity index (χ4n) is 2.99. The molecular formula is C21H21Cl2N3O4S. The summed E-state index contributed by atoms with van der Waals surface area (Å²) in [6.45, 7) is 3.96. The lowest BCUT2D eigenvalue weighted by molar-refractivity contribution is -0.116. The summed E-state index contributed by atoms with van der Waals surface area (Å²) in [5.74, 6) is 0.00225. The molecule has 1 heterocycles. The van der Waals surface area contributed by atoms with E-state index in [4.69, 9.17) is 27.9 Å². The zero-order valence-corrected chi connectivity index (χ0v) is 19.5. The maximum atomic E-state index is 13.0. The third-order valence-corrected chi connectivity index (χ3v) is 7.23. The number of methoxy groups -OCH3 is 1. The minimum absolute atomic E-state index is 0.00482. The molecule has 0 aliphatic carbocycles. The molecule has 164 valence electrons. The summed E-state index contributed by atoms with van der Waals surface area (Å²) >= 11 is 12.0. The zero-order chi connectivity index (χ0) is 22.8. The van der Waals surface area contributed by atoms with Crippen molar-refractivity contribution in [3.63, 3.8) is 0 Å². The van der Waals surface area contributed by atoms with Crippen molar-refractivity contribution < 1.29 is 17.9 Å². The Bertz CT molecular complexity index is 1220. The summed E-state index contributed by atoms with van der Waals surface area (Å²) in [6.07, 6.45) is 0.134. The van der Waals surface area contributed by atoms with Gasteiger partial charge in [-0.15, -0.1) is 0 Å². The molecule has 31 heavy (non-hydrogen) atoms. The van der Waals surface area contributed by atoms with Crippen LogP contribution < -0.4 is 10.1 Å². The lowest BCUT2D eigenvalue weighted by atomic mass is 10.3. The number of nitrogens with zero attached hydrogens (tertiary/aromatic N) is 2. The van der Waals surface area contributed by atoms with Crippen LogP contribution in [0.15, 0.2) is 52.3 Å². The lowest BCUT2D eigenvalue weighted by Crippen LogP contribution is -2.16. The first-order valence-corrected chi connectivity index (χ1v) is 11.5. The highest BCUT2D eigenvalue weighted by molar-refractivity contribution is 7.91. The van der Waals surface area contributed by atoms with Crippen molar-refractivity contribution in [2.45, 2.75) is 36.6 Å². The van der Waals surface area contributed by atoms with E-state index in [1.807, 2.05) is 6.92 Å². The Balaban J connectivity index is 1.80. The van der Waals surface area contributed by atoms with Crippen molar-refractivity contribution in [2.24, 2.45) is 0 Å². The van der Waals surface area contributed by atoms with Gasteiger partial charge in [-0.3, -0.25) is 9.48 Å². The number of carbonyl (C=O) groups is 1. The molecule has 0 aliphatic rings.